The average molecular weight is 422 g/mol. The molecule has 0 saturated heterocycles. The molecule has 0 unspecified atom stereocenters. The number of hydrogen-bond acceptors (Lipinski definition) is 5. The molecule has 0 aliphatic rings. The van der Waals surface area contributed by atoms with Crippen molar-refractivity contribution in [3.05, 3.63) is 48.0 Å². The summed E-state index contributed by atoms with van der Waals surface area (Å²) in [6, 6.07) is 12.5. The SMILES string of the molecule is CC[C@H](C)[NH2+]Cc1ccc(N(CC)CC)cc1OS(=O)(=O)c1ccc(OC)cc1. The molecule has 0 aliphatic carbocycles. The zero-order valence-electron chi connectivity index (χ0n) is 18.0. The van der Waals surface area contributed by atoms with Crippen molar-refractivity contribution in [2.24, 2.45) is 0 Å². The van der Waals surface area contributed by atoms with E-state index in [-0.39, 0.29) is 4.90 Å². The van der Waals surface area contributed by atoms with Crippen LogP contribution in [-0.4, -0.2) is 34.7 Å². The number of benzene rings is 2. The molecule has 29 heavy (non-hydrogen) atoms. The molecule has 7 heteroatoms. The summed E-state index contributed by atoms with van der Waals surface area (Å²) in [6.07, 6.45) is 1.04. The second-order valence-corrected chi connectivity index (χ2v) is 8.55. The Kier molecular flexibility index (Phi) is 8.34. The van der Waals surface area contributed by atoms with Gasteiger partial charge in [0.05, 0.1) is 18.7 Å². The number of nitrogens with two attached hydrogens (primary N) is 1. The van der Waals surface area contributed by atoms with E-state index in [1.807, 2.05) is 18.2 Å². The largest absolute Gasteiger partial charge is 0.497 e. The summed E-state index contributed by atoms with van der Waals surface area (Å²) in [5, 5.41) is 2.19. The van der Waals surface area contributed by atoms with Gasteiger partial charge in [0.15, 0.2) is 5.75 Å². The third-order valence-corrected chi connectivity index (χ3v) is 6.36. The number of ether oxygens (including phenoxy) is 1. The van der Waals surface area contributed by atoms with Crippen LogP contribution in [0.3, 0.4) is 0 Å². The van der Waals surface area contributed by atoms with Crippen molar-refractivity contribution in [2.45, 2.75) is 51.6 Å². The Morgan fingerprint density at radius 1 is 1.03 bits per heavy atom. The van der Waals surface area contributed by atoms with Crippen LogP contribution in [0.2, 0.25) is 0 Å². The van der Waals surface area contributed by atoms with Gasteiger partial charge in [-0.05, 0) is 63.6 Å². The zero-order valence-corrected chi connectivity index (χ0v) is 18.8. The standard InChI is InChI=1S/C22H32N2O4S/c1-6-17(4)23-16-18-9-10-19(24(7-2)8-3)15-22(18)28-29(25,26)21-13-11-20(27-5)12-14-21/h9-15,17,23H,6-8,16H2,1-5H3/p+1/t17-/m0/s1. The Balaban J connectivity index is 2.38. The molecule has 2 aromatic carbocycles. The van der Waals surface area contributed by atoms with Gasteiger partial charge < -0.3 is 19.1 Å². The Hall–Kier alpha value is -2.25. The maximum atomic E-state index is 12.9. The highest BCUT2D eigenvalue weighted by Crippen LogP contribution is 2.29. The third-order valence-electron chi connectivity index (χ3n) is 5.11. The maximum absolute atomic E-state index is 12.9. The maximum Gasteiger partial charge on any atom is 0.339 e. The first-order valence-electron chi connectivity index (χ1n) is 10.1. The van der Waals surface area contributed by atoms with Crippen LogP contribution in [-0.2, 0) is 16.7 Å². The molecule has 1 atom stereocenters. The van der Waals surface area contributed by atoms with E-state index >= 15 is 0 Å². The Labute approximate surface area is 175 Å². The van der Waals surface area contributed by atoms with Crippen LogP contribution >= 0.6 is 0 Å². The lowest BCUT2D eigenvalue weighted by atomic mass is 10.1. The molecule has 0 fully saturated rings. The van der Waals surface area contributed by atoms with Crippen molar-refractivity contribution in [3.63, 3.8) is 0 Å². The fraction of sp³-hybridized carbons (Fsp3) is 0.455. The van der Waals surface area contributed by atoms with Crippen LogP contribution in [0.1, 0.15) is 39.7 Å². The molecular weight excluding hydrogens is 388 g/mol. The van der Waals surface area contributed by atoms with Crippen LogP contribution in [0.15, 0.2) is 47.4 Å². The van der Waals surface area contributed by atoms with Crippen LogP contribution in [0, 0.1) is 0 Å². The predicted molar refractivity (Wildman–Crippen MR) is 116 cm³/mol. The van der Waals surface area contributed by atoms with Gasteiger partial charge in [-0.3, -0.25) is 0 Å². The highest BCUT2D eigenvalue weighted by atomic mass is 32.2. The summed E-state index contributed by atoms with van der Waals surface area (Å²) in [4.78, 5) is 2.26. The van der Waals surface area contributed by atoms with Crippen molar-refractivity contribution in [3.8, 4) is 11.5 Å². The second-order valence-electron chi connectivity index (χ2n) is 7.00. The van der Waals surface area contributed by atoms with Crippen LogP contribution in [0.5, 0.6) is 11.5 Å². The van der Waals surface area contributed by atoms with E-state index in [0.717, 1.165) is 30.8 Å². The molecular formula is C22H33N2O4S+. The summed E-state index contributed by atoms with van der Waals surface area (Å²) in [5.41, 5.74) is 1.81. The van der Waals surface area contributed by atoms with Gasteiger partial charge in [-0.15, -0.1) is 0 Å². The number of nitrogens with zero attached hydrogens (tertiary/aromatic N) is 1. The monoisotopic (exact) mass is 421 g/mol. The molecule has 2 rings (SSSR count). The van der Waals surface area contributed by atoms with Gasteiger partial charge in [0, 0.05) is 24.8 Å². The minimum atomic E-state index is -3.95. The van der Waals surface area contributed by atoms with Crippen molar-refractivity contribution in [1.82, 2.24) is 0 Å². The van der Waals surface area contributed by atoms with Crippen molar-refractivity contribution >= 4 is 15.8 Å². The molecule has 2 aromatic rings. The molecule has 6 nitrogen and oxygen atoms in total. The minimum Gasteiger partial charge on any atom is -0.497 e. The van der Waals surface area contributed by atoms with Crippen LogP contribution in [0.4, 0.5) is 5.69 Å². The summed E-state index contributed by atoms with van der Waals surface area (Å²) in [5.74, 6) is 0.973. The Morgan fingerprint density at radius 2 is 1.69 bits per heavy atom. The van der Waals surface area contributed by atoms with Gasteiger partial charge in [0.2, 0.25) is 0 Å². The van der Waals surface area contributed by atoms with Crippen molar-refractivity contribution < 1.29 is 22.7 Å². The topological polar surface area (TPSA) is 72.5 Å². The molecule has 0 radical (unpaired) electrons. The molecule has 0 saturated carbocycles. The molecule has 0 aromatic heterocycles. The van der Waals surface area contributed by atoms with Gasteiger partial charge in [-0.2, -0.15) is 8.42 Å². The Bertz CT molecular complexity index is 878. The second kappa shape index (κ2) is 10.5. The molecule has 0 spiro atoms. The normalized spacial score (nSPS) is 12.4. The van der Waals surface area contributed by atoms with E-state index < -0.39 is 10.1 Å². The van der Waals surface area contributed by atoms with E-state index in [4.69, 9.17) is 8.92 Å². The first kappa shape index (κ1) is 23.0. The predicted octanol–water partition coefficient (Wildman–Crippen LogP) is 3.17. The fourth-order valence-corrected chi connectivity index (χ4v) is 3.94. The first-order chi connectivity index (χ1) is 13.8. The lowest BCUT2D eigenvalue weighted by Gasteiger charge is -2.22. The van der Waals surface area contributed by atoms with Crippen molar-refractivity contribution in [1.29, 1.82) is 0 Å². The van der Waals surface area contributed by atoms with E-state index in [1.165, 1.54) is 12.1 Å². The number of quaternary nitrogens is 1. The molecule has 0 heterocycles. The quantitative estimate of drug-likeness (QED) is 0.564. The lowest BCUT2D eigenvalue weighted by molar-refractivity contribution is -0.701. The smallest absolute Gasteiger partial charge is 0.339 e. The van der Waals surface area contributed by atoms with E-state index in [1.54, 1.807) is 19.2 Å². The van der Waals surface area contributed by atoms with E-state index in [9.17, 15) is 8.42 Å². The molecule has 0 aliphatic heterocycles. The molecule has 2 N–H and O–H groups in total. The fourth-order valence-electron chi connectivity index (χ4n) is 2.98. The van der Waals surface area contributed by atoms with Gasteiger partial charge in [0.25, 0.3) is 0 Å². The van der Waals surface area contributed by atoms with Gasteiger partial charge in [0.1, 0.15) is 17.2 Å². The first-order valence-corrected chi connectivity index (χ1v) is 11.5. The van der Waals surface area contributed by atoms with Crippen molar-refractivity contribution in [2.75, 3.05) is 25.1 Å². The number of anilines is 1. The minimum absolute atomic E-state index is 0.100. The van der Waals surface area contributed by atoms with Crippen LogP contribution in [0.25, 0.3) is 0 Å². The summed E-state index contributed by atoms with van der Waals surface area (Å²) in [7, 11) is -2.41. The molecule has 0 amide bonds. The highest BCUT2D eigenvalue weighted by Gasteiger charge is 2.21. The molecule has 0 bridgehead atoms. The van der Waals surface area contributed by atoms with Gasteiger partial charge in [-0.25, -0.2) is 0 Å². The third kappa shape index (κ3) is 6.11. The van der Waals surface area contributed by atoms with E-state index in [2.05, 4.69) is 37.9 Å². The zero-order chi connectivity index (χ0) is 21.4. The lowest BCUT2D eigenvalue weighted by Crippen LogP contribution is -2.87. The Morgan fingerprint density at radius 3 is 2.24 bits per heavy atom. The number of methoxy groups -OCH3 is 1. The summed E-state index contributed by atoms with van der Waals surface area (Å²) in [6.45, 7) is 10.8. The summed E-state index contributed by atoms with van der Waals surface area (Å²) >= 11 is 0. The number of hydrogen-bond donors (Lipinski definition) is 1. The van der Waals surface area contributed by atoms with E-state index in [0.29, 0.717) is 24.1 Å². The average Bonchev–Trinajstić information content (AvgIpc) is 2.73. The highest BCUT2D eigenvalue weighted by molar-refractivity contribution is 7.87. The summed E-state index contributed by atoms with van der Waals surface area (Å²) < 4.78 is 36.5. The van der Waals surface area contributed by atoms with Gasteiger partial charge in [-0.1, -0.05) is 6.92 Å². The van der Waals surface area contributed by atoms with Crippen LogP contribution < -0.4 is 19.1 Å². The van der Waals surface area contributed by atoms with Gasteiger partial charge >= 0.3 is 10.1 Å². The number of rotatable bonds is 11. The molecule has 160 valence electrons.